The molecule has 0 spiro atoms. The zero-order valence-corrected chi connectivity index (χ0v) is 18.8. The minimum Gasteiger partial charge on any atom is -0.497 e. The van der Waals surface area contributed by atoms with E-state index >= 15 is 0 Å². The molecule has 1 amide bonds. The van der Waals surface area contributed by atoms with Gasteiger partial charge < -0.3 is 10.1 Å². The van der Waals surface area contributed by atoms with Crippen LogP contribution in [0, 0.1) is 11.3 Å². The fourth-order valence-corrected chi connectivity index (χ4v) is 4.93. The number of nitrogens with zero attached hydrogens (tertiary/aromatic N) is 2. The number of nitriles is 1. The van der Waals surface area contributed by atoms with Crippen LogP contribution in [0.3, 0.4) is 0 Å². The highest BCUT2D eigenvalue weighted by molar-refractivity contribution is 7.99. The summed E-state index contributed by atoms with van der Waals surface area (Å²) in [6.45, 7) is 0. The van der Waals surface area contributed by atoms with Gasteiger partial charge in [0.25, 0.3) is 0 Å². The first-order valence-electron chi connectivity index (χ1n) is 10.7. The van der Waals surface area contributed by atoms with E-state index in [4.69, 9.17) is 9.72 Å². The van der Waals surface area contributed by atoms with Gasteiger partial charge in [0.1, 0.15) is 16.8 Å². The Balaban J connectivity index is 1.37. The molecule has 4 rings (SSSR count). The van der Waals surface area contributed by atoms with Crippen LogP contribution < -0.4 is 10.1 Å². The Kier molecular flexibility index (Phi) is 7.08. The second-order valence-electron chi connectivity index (χ2n) is 7.79. The Morgan fingerprint density at radius 3 is 2.84 bits per heavy atom. The van der Waals surface area contributed by atoms with Crippen molar-refractivity contribution in [3.63, 3.8) is 0 Å². The molecular formula is C26H25N3O2S. The predicted molar refractivity (Wildman–Crippen MR) is 127 cm³/mol. The first-order valence-corrected chi connectivity index (χ1v) is 11.7. The van der Waals surface area contributed by atoms with Crippen LogP contribution in [0.2, 0.25) is 0 Å². The van der Waals surface area contributed by atoms with Gasteiger partial charge in [0.05, 0.1) is 12.7 Å². The number of hydrogen-bond acceptors (Lipinski definition) is 5. The average Bonchev–Trinajstić information content (AvgIpc) is 2.84. The van der Waals surface area contributed by atoms with Crippen molar-refractivity contribution in [2.24, 2.45) is 0 Å². The molecule has 5 nitrogen and oxygen atoms in total. The minimum absolute atomic E-state index is 0.0760. The van der Waals surface area contributed by atoms with Crippen LogP contribution in [0.5, 0.6) is 5.75 Å². The van der Waals surface area contributed by atoms with Crippen LogP contribution in [0.4, 0.5) is 5.69 Å². The second-order valence-corrected chi connectivity index (χ2v) is 8.87. The molecule has 32 heavy (non-hydrogen) atoms. The third-order valence-corrected chi connectivity index (χ3v) is 6.66. The van der Waals surface area contributed by atoms with E-state index in [2.05, 4.69) is 35.7 Å². The molecule has 1 N–H and O–H groups in total. The number of nitrogens with one attached hydrogen (secondary N) is 1. The van der Waals surface area contributed by atoms with E-state index in [0.29, 0.717) is 35.1 Å². The van der Waals surface area contributed by atoms with Crippen molar-refractivity contribution in [3.8, 4) is 11.8 Å². The zero-order chi connectivity index (χ0) is 22.3. The first kappa shape index (κ1) is 21.9. The number of carbonyl (C=O) groups excluding carboxylic acids is 1. The fraction of sp³-hybridized carbons (Fsp3) is 0.269. The van der Waals surface area contributed by atoms with Gasteiger partial charge >= 0.3 is 0 Å². The van der Waals surface area contributed by atoms with Crippen molar-refractivity contribution in [1.29, 1.82) is 5.26 Å². The molecule has 3 aromatic rings. The molecule has 1 heterocycles. The van der Waals surface area contributed by atoms with Crippen molar-refractivity contribution in [2.45, 2.75) is 36.6 Å². The van der Waals surface area contributed by atoms with Gasteiger partial charge in [-0.1, -0.05) is 36.4 Å². The number of anilines is 1. The van der Waals surface area contributed by atoms with Gasteiger partial charge in [-0.05, 0) is 54.5 Å². The van der Waals surface area contributed by atoms with E-state index in [0.717, 1.165) is 30.0 Å². The molecule has 0 fully saturated rings. The maximum atomic E-state index is 12.3. The van der Waals surface area contributed by atoms with Crippen molar-refractivity contribution in [2.75, 3.05) is 18.2 Å². The fourth-order valence-electron chi connectivity index (χ4n) is 4.01. The van der Waals surface area contributed by atoms with Crippen LogP contribution >= 0.6 is 11.8 Å². The molecule has 0 saturated heterocycles. The summed E-state index contributed by atoms with van der Waals surface area (Å²) >= 11 is 1.47. The van der Waals surface area contributed by atoms with Gasteiger partial charge in [0.15, 0.2) is 0 Å². The lowest BCUT2D eigenvalue weighted by Gasteiger charge is -2.25. The molecule has 0 radical (unpaired) electrons. The third kappa shape index (κ3) is 5.30. The van der Waals surface area contributed by atoms with Crippen molar-refractivity contribution in [1.82, 2.24) is 4.98 Å². The number of hydrogen-bond donors (Lipinski definition) is 1. The summed E-state index contributed by atoms with van der Waals surface area (Å²) in [5.41, 5.74) is 4.89. The number of aryl methyl sites for hydroxylation is 1. The number of pyridine rings is 1. The van der Waals surface area contributed by atoms with E-state index in [1.807, 2.05) is 30.3 Å². The predicted octanol–water partition coefficient (Wildman–Crippen LogP) is 5.36. The lowest BCUT2D eigenvalue weighted by atomic mass is 9.82. The van der Waals surface area contributed by atoms with Gasteiger partial charge in [-0.2, -0.15) is 5.26 Å². The maximum absolute atomic E-state index is 12.3. The zero-order valence-electron chi connectivity index (χ0n) is 18.0. The molecule has 1 unspecified atom stereocenters. The molecular weight excluding hydrogens is 418 g/mol. The number of amides is 1. The van der Waals surface area contributed by atoms with Crippen LogP contribution in [-0.2, 0) is 17.6 Å². The molecule has 0 aliphatic heterocycles. The summed E-state index contributed by atoms with van der Waals surface area (Å²) in [7, 11) is 1.59. The van der Waals surface area contributed by atoms with Crippen molar-refractivity contribution >= 4 is 23.4 Å². The van der Waals surface area contributed by atoms with Gasteiger partial charge in [-0.25, -0.2) is 4.98 Å². The lowest BCUT2D eigenvalue weighted by molar-refractivity contribution is -0.115. The van der Waals surface area contributed by atoms with Crippen molar-refractivity contribution < 1.29 is 9.53 Å². The topological polar surface area (TPSA) is 75.0 Å². The third-order valence-electron chi connectivity index (χ3n) is 5.66. The molecule has 1 aliphatic carbocycles. The summed E-state index contributed by atoms with van der Waals surface area (Å²) in [5, 5.41) is 13.3. The summed E-state index contributed by atoms with van der Waals surface area (Å²) in [6, 6.07) is 22.1. The normalized spacial score (nSPS) is 14.8. The highest BCUT2D eigenvalue weighted by Gasteiger charge is 2.23. The number of fused-ring (bicyclic) bond motifs is 1. The highest BCUT2D eigenvalue weighted by atomic mass is 32.2. The highest BCUT2D eigenvalue weighted by Crippen LogP contribution is 2.34. The molecule has 1 atom stereocenters. The van der Waals surface area contributed by atoms with Crippen LogP contribution in [0.1, 0.15) is 41.1 Å². The molecule has 2 aromatic carbocycles. The Hall–Kier alpha value is -3.30. The number of benzene rings is 2. The summed E-state index contributed by atoms with van der Waals surface area (Å²) < 4.78 is 5.18. The maximum Gasteiger partial charge on any atom is 0.225 e. The number of ether oxygens (including phenoxy) is 1. The number of carbonyl (C=O) groups is 1. The first-order chi connectivity index (χ1) is 15.7. The Morgan fingerprint density at radius 2 is 2.06 bits per heavy atom. The molecule has 162 valence electrons. The average molecular weight is 444 g/mol. The molecule has 1 aromatic heterocycles. The van der Waals surface area contributed by atoms with E-state index in [1.165, 1.54) is 22.9 Å². The largest absolute Gasteiger partial charge is 0.497 e. The minimum atomic E-state index is -0.0760. The standard InChI is InChI=1S/C26H25N3O2S/c1-31-23-9-5-8-22(16-23)28-25(30)12-13-32-26-21(17-27)15-20-14-19(10-11-24(20)29-26)18-6-3-2-4-7-18/h2-9,15-16,19H,10-14H2,1H3,(H,28,30). The van der Waals surface area contributed by atoms with E-state index < -0.39 is 0 Å². The summed E-state index contributed by atoms with van der Waals surface area (Å²) in [6.07, 6.45) is 3.21. The molecule has 0 saturated carbocycles. The summed E-state index contributed by atoms with van der Waals surface area (Å²) in [5.74, 6) is 1.65. The van der Waals surface area contributed by atoms with Crippen LogP contribution in [0.15, 0.2) is 65.7 Å². The number of methoxy groups -OCH3 is 1. The van der Waals surface area contributed by atoms with Gasteiger partial charge in [0, 0.05) is 29.6 Å². The Bertz CT molecular complexity index is 1140. The number of rotatable bonds is 7. The van der Waals surface area contributed by atoms with Gasteiger partial charge in [0.2, 0.25) is 5.91 Å². The lowest BCUT2D eigenvalue weighted by Crippen LogP contribution is -2.15. The second kappa shape index (κ2) is 10.3. The quantitative estimate of drug-likeness (QED) is 0.498. The Labute approximate surface area is 192 Å². The van der Waals surface area contributed by atoms with E-state index in [-0.39, 0.29) is 5.91 Å². The van der Waals surface area contributed by atoms with Crippen molar-refractivity contribution in [3.05, 3.63) is 83.0 Å². The van der Waals surface area contributed by atoms with E-state index in [9.17, 15) is 10.1 Å². The van der Waals surface area contributed by atoms with Gasteiger partial charge in [-0.3, -0.25) is 4.79 Å². The monoisotopic (exact) mass is 443 g/mol. The molecule has 6 heteroatoms. The van der Waals surface area contributed by atoms with Crippen LogP contribution in [-0.4, -0.2) is 23.8 Å². The SMILES string of the molecule is COc1cccc(NC(=O)CCSc2nc3c(cc2C#N)CC(c2ccccc2)CC3)c1. The Morgan fingerprint density at radius 1 is 1.22 bits per heavy atom. The smallest absolute Gasteiger partial charge is 0.225 e. The number of thioether (sulfide) groups is 1. The number of aromatic nitrogens is 1. The van der Waals surface area contributed by atoms with Gasteiger partial charge in [-0.15, -0.1) is 11.8 Å². The molecule has 0 bridgehead atoms. The van der Waals surface area contributed by atoms with Crippen LogP contribution in [0.25, 0.3) is 0 Å². The summed E-state index contributed by atoms with van der Waals surface area (Å²) in [4.78, 5) is 17.1. The van der Waals surface area contributed by atoms with E-state index in [1.54, 1.807) is 13.2 Å². The molecule has 1 aliphatic rings.